The number of nitrogens with one attached hydrogen (secondary N) is 1. The molecule has 3 heterocycles. The molecule has 0 amide bonds. The number of carbonyl (C=O) groups is 1. The standard InChI is InChI=1S/C29H27ClFN7O2/c1-17(22-11-19(13-32)3-5-24(22)31)36-28-23-12-20(4-6-25(23)35-18(2)27(28)30)21-14-33-29(34-15-21)38-9-7-37(8-10-38)16-26(39)40/h3-6,11-12,14-15,17H,7-10,16H2,1-2H3,(H,35,36)(H,39,40)/t17-/m1/s1. The number of hydrogen-bond donors (Lipinski definition) is 2. The minimum absolute atomic E-state index is 0.0326. The normalized spacial score (nSPS) is 14.6. The quantitative estimate of drug-likeness (QED) is 0.321. The summed E-state index contributed by atoms with van der Waals surface area (Å²) in [5.41, 5.74) is 4.39. The van der Waals surface area contributed by atoms with Crippen molar-refractivity contribution in [2.24, 2.45) is 0 Å². The van der Waals surface area contributed by atoms with Crippen molar-refractivity contribution in [1.82, 2.24) is 19.9 Å². The van der Waals surface area contributed by atoms with Gasteiger partial charge in [-0.3, -0.25) is 14.7 Å². The lowest BCUT2D eigenvalue weighted by Crippen LogP contribution is -2.48. The zero-order valence-corrected chi connectivity index (χ0v) is 22.8. The number of aromatic nitrogens is 3. The van der Waals surface area contributed by atoms with Crippen molar-refractivity contribution in [3.63, 3.8) is 0 Å². The van der Waals surface area contributed by atoms with Crippen LogP contribution in [0.15, 0.2) is 48.8 Å². The number of hydrogen-bond acceptors (Lipinski definition) is 8. The van der Waals surface area contributed by atoms with Crippen molar-refractivity contribution in [2.75, 3.05) is 42.9 Å². The third-order valence-electron chi connectivity index (χ3n) is 7.03. The number of carboxylic acid groups (broad SMARTS) is 1. The summed E-state index contributed by atoms with van der Waals surface area (Å²) in [6.07, 6.45) is 3.52. The van der Waals surface area contributed by atoms with Crippen molar-refractivity contribution in [3.8, 4) is 17.2 Å². The molecule has 0 radical (unpaired) electrons. The number of aryl methyl sites for hydroxylation is 1. The first-order chi connectivity index (χ1) is 19.2. The molecule has 0 saturated carbocycles. The molecule has 11 heteroatoms. The molecule has 1 saturated heterocycles. The van der Waals surface area contributed by atoms with Gasteiger partial charge in [0.1, 0.15) is 5.82 Å². The number of carboxylic acids is 1. The van der Waals surface area contributed by atoms with E-state index < -0.39 is 17.8 Å². The molecule has 1 fully saturated rings. The molecule has 0 bridgehead atoms. The first-order valence-corrected chi connectivity index (χ1v) is 13.2. The molecule has 1 aliphatic rings. The van der Waals surface area contributed by atoms with Crippen LogP contribution in [0.2, 0.25) is 5.02 Å². The number of rotatable bonds is 7. The summed E-state index contributed by atoms with van der Waals surface area (Å²) in [5.74, 6) is -0.645. The van der Waals surface area contributed by atoms with Crippen LogP contribution in [-0.4, -0.2) is 63.7 Å². The molecule has 40 heavy (non-hydrogen) atoms. The van der Waals surface area contributed by atoms with E-state index in [1.165, 1.54) is 18.2 Å². The van der Waals surface area contributed by atoms with Crippen LogP contribution in [0.1, 0.15) is 29.8 Å². The zero-order chi connectivity index (χ0) is 28.4. The van der Waals surface area contributed by atoms with Gasteiger partial charge in [-0.15, -0.1) is 0 Å². The van der Waals surface area contributed by atoms with Crippen molar-refractivity contribution < 1.29 is 14.3 Å². The minimum atomic E-state index is -0.829. The summed E-state index contributed by atoms with van der Waals surface area (Å²) < 4.78 is 14.6. The molecular formula is C29H27ClFN7O2. The van der Waals surface area contributed by atoms with E-state index in [0.717, 1.165) is 22.0 Å². The van der Waals surface area contributed by atoms with E-state index in [-0.39, 0.29) is 6.54 Å². The van der Waals surface area contributed by atoms with Gasteiger partial charge in [-0.2, -0.15) is 5.26 Å². The first kappa shape index (κ1) is 27.2. The predicted molar refractivity (Wildman–Crippen MR) is 152 cm³/mol. The molecule has 2 N–H and O–H groups in total. The van der Waals surface area contributed by atoms with Gasteiger partial charge in [-0.1, -0.05) is 17.7 Å². The van der Waals surface area contributed by atoms with Gasteiger partial charge in [0.05, 0.1) is 46.1 Å². The van der Waals surface area contributed by atoms with Crippen molar-refractivity contribution >= 4 is 40.1 Å². The van der Waals surface area contributed by atoms with Gasteiger partial charge in [0, 0.05) is 55.1 Å². The Labute approximate surface area is 235 Å². The molecule has 2 aromatic carbocycles. The number of nitriles is 1. The second kappa shape index (κ2) is 11.4. The maximum absolute atomic E-state index is 14.6. The van der Waals surface area contributed by atoms with Crippen LogP contribution in [0, 0.1) is 24.1 Å². The van der Waals surface area contributed by atoms with Gasteiger partial charge < -0.3 is 15.3 Å². The third kappa shape index (κ3) is 5.66. The number of benzene rings is 2. The zero-order valence-electron chi connectivity index (χ0n) is 22.0. The highest BCUT2D eigenvalue weighted by Crippen LogP contribution is 2.37. The average molecular weight is 560 g/mol. The second-order valence-corrected chi connectivity index (χ2v) is 10.1. The highest BCUT2D eigenvalue weighted by molar-refractivity contribution is 6.35. The van der Waals surface area contributed by atoms with E-state index in [1.54, 1.807) is 12.4 Å². The number of nitrogens with zero attached hydrogens (tertiary/aromatic N) is 6. The largest absolute Gasteiger partial charge is 0.480 e. The van der Waals surface area contributed by atoms with Gasteiger partial charge in [0.25, 0.3) is 0 Å². The Morgan fingerprint density at radius 3 is 2.55 bits per heavy atom. The Morgan fingerprint density at radius 2 is 1.88 bits per heavy atom. The molecule has 4 aromatic rings. The topological polar surface area (TPSA) is 118 Å². The van der Waals surface area contributed by atoms with Crippen molar-refractivity contribution in [1.29, 1.82) is 5.26 Å². The van der Waals surface area contributed by atoms with E-state index in [0.29, 0.717) is 59.7 Å². The highest BCUT2D eigenvalue weighted by atomic mass is 35.5. The number of halogens is 2. The summed E-state index contributed by atoms with van der Waals surface area (Å²) in [7, 11) is 0. The lowest BCUT2D eigenvalue weighted by Gasteiger charge is -2.33. The molecule has 1 aliphatic heterocycles. The maximum Gasteiger partial charge on any atom is 0.317 e. The predicted octanol–water partition coefficient (Wildman–Crippen LogP) is 5.04. The smallest absolute Gasteiger partial charge is 0.317 e. The Bertz CT molecular complexity index is 1620. The first-order valence-electron chi connectivity index (χ1n) is 12.8. The molecule has 204 valence electrons. The fourth-order valence-corrected chi connectivity index (χ4v) is 5.05. The van der Waals surface area contributed by atoms with Crippen molar-refractivity contribution in [2.45, 2.75) is 19.9 Å². The average Bonchev–Trinajstić information content (AvgIpc) is 2.95. The Morgan fingerprint density at radius 1 is 1.15 bits per heavy atom. The number of piperazine rings is 1. The van der Waals surface area contributed by atoms with Crippen LogP contribution in [0.4, 0.5) is 16.0 Å². The third-order valence-corrected chi connectivity index (χ3v) is 7.49. The van der Waals surface area contributed by atoms with Gasteiger partial charge in [-0.25, -0.2) is 14.4 Å². The molecule has 1 atom stereocenters. The van der Waals surface area contributed by atoms with E-state index in [4.69, 9.17) is 16.7 Å². The second-order valence-electron chi connectivity index (χ2n) is 9.76. The molecule has 2 aromatic heterocycles. The number of anilines is 2. The summed E-state index contributed by atoms with van der Waals surface area (Å²) >= 11 is 6.71. The molecule has 0 aliphatic carbocycles. The summed E-state index contributed by atoms with van der Waals surface area (Å²) in [6, 6.07) is 11.6. The van der Waals surface area contributed by atoms with Gasteiger partial charge in [0.2, 0.25) is 5.95 Å². The fraction of sp³-hybridized carbons (Fsp3) is 0.276. The summed E-state index contributed by atoms with van der Waals surface area (Å²) in [5, 5.41) is 22.8. The molecule has 9 nitrogen and oxygen atoms in total. The van der Waals surface area contributed by atoms with Gasteiger partial charge in [-0.05, 0) is 49.7 Å². The lowest BCUT2D eigenvalue weighted by atomic mass is 10.0. The van der Waals surface area contributed by atoms with Crippen molar-refractivity contribution in [3.05, 3.63) is 76.5 Å². The number of aliphatic carboxylic acids is 1. The van der Waals surface area contributed by atoms with Gasteiger partial charge in [0.15, 0.2) is 0 Å². The Balaban J connectivity index is 1.42. The van der Waals surface area contributed by atoms with E-state index in [9.17, 15) is 14.4 Å². The minimum Gasteiger partial charge on any atom is -0.480 e. The SMILES string of the molecule is Cc1nc2ccc(-c3cnc(N4CCN(CC(=O)O)CC4)nc3)cc2c(N[C@H](C)c2cc(C#N)ccc2F)c1Cl. The van der Waals surface area contributed by atoms with Crippen LogP contribution in [0.25, 0.3) is 22.0 Å². The molecule has 5 rings (SSSR count). The van der Waals surface area contributed by atoms with E-state index >= 15 is 0 Å². The van der Waals surface area contributed by atoms with E-state index in [1.807, 2.05) is 41.8 Å². The monoisotopic (exact) mass is 559 g/mol. The summed E-state index contributed by atoms with van der Waals surface area (Å²) in [4.78, 5) is 28.7. The fourth-order valence-electron chi connectivity index (χ4n) is 4.85. The Hall–Kier alpha value is -4.33. The van der Waals surface area contributed by atoms with Crippen LogP contribution in [0.5, 0.6) is 0 Å². The molecular weight excluding hydrogens is 533 g/mol. The van der Waals surface area contributed by atoms with Crippen LogP contribution >= 0.6 is 11.6 Å². The van der Waals surface area contributed by atoms with Gasteiger partial charge >= 0.3 is 5.97 Å². The molecule has 0 unspecified atom stereocenters. The lowest BCUT2D eigenvalue weighted by molar-refractivity contribution is -0.138. The van der Waals surface area contributed by atoms with E-state index in [2.05, 4.69) is 26.3 Å². The Kier molecular flexibility index (Phi) is 7.78. The van der Waals surface area contributed by atoms with Crippen LogP contribution in [-0.2, 0) is 4.79 Å². The van der Waals surface area contributed by atoms with Crippen LogP contribution in [0.3, 0.4) is 0 Å². The molecule has 0 spiro atoms. The summed E-state index contributed by atoms with van der Waals surface area (Å²) in [6.45, 7) is 6.23. The number of pyridine rings is 1. The highest BCUT2D eigenvalue weighted by Gasteiger charge is 2.21. The number of fused-ring (bicyclic) bond motifs is 1. The van der Waals surface area contributed by atoms with Crippen LogP contribution < -0.4 is 10.2 Å². The maximum atomic E-state index is 14.6.